The topological polar surface area (TPSA) is 78.9 Å². The Kier molecular flexibility index (Phi) is 5.87. The maximum Gasteiger partial charge on any atom is 0.252 e. The lowest BCUT2D eigenvalue weighted by molar-refractivity contribution is 0.0331. The summed E-state index contributed by atoms with van der Waals surface area (Å²) in [7, 11) is -3.42. The number of sulfonamides is 1. The van der Waals surface area contributed by atoms with Gasteiger partial charge in [0.05, 0.1) is 25.1 Å². The van der Waals surface area contributed by atoms with Crippen LogP contribution in [0.5, 0.6) is 0 Å². The first-order chi connectivity index (χ1) is 16.1. The second-order valence-corrected chi connectivity index (χ2v) is 12.9. The van der Waals surface area contributed by atoms with Gasteiger partial charge < -0.3 is 9.64 Å². The first-order valence-corrected chi connectivity index (χ1v) is 14.6. The summed E-state index contributed by atoms with van der Waals surface area (Å²) < 4.78 is 33.5. The van der Waals surface area contributed by atoms with Crippen LogP contribution in [0.2, 0.25) is 0 Å². The monoisotopic (exact) mass is 505 g/mol. The van der Waals surface area contributed by atoms with E-state index >= 15 is 0 Å². The molecule has 0 saturated carbocycles. The fraction of sp³-hybridized carbons (Fsp3) is 0.545. The molecule has 0 bridgehead atoms. The molecule has 0 atom stereocenters. The SMILES string of the molecule is O=S(=O)(c1cccs1)N1CCN(c2nc(CN3CCOCC3)nc3sc4c(c23)CCC4)CC1. The summed E-state index contributed by atoms with van der Waals surface area (Å²) in [5, 5.41) is 3.02. The van der Waals surface area contributed by atoms with Crippen LogP contribution in [-0.2, 0) is 34.1 Å². The Bertz CT molecular complexity index is 1240. The van der Waals surface area contributed by atoms with E-state index in [0.29, 0.717) is 30.4 Å². The second kappa shape index (κ2) is 8.86. The molecule has 0 N–H and O–H groups in total. The third-order valence-electron chi connectivity index (χ3n) is 6.69. The molecule has 33 heavy (non-hydrogen) atoms. The summed E-state index contributed by atoms with van der Waals surface area (Å²) in [4.78, 5) is 17.2. The summed E-state index contributed by atoms with van der Waals surface area (Å²) in [5.74, 6) is 1.85. The first kappa shape index (κ1) is 21.9. The van der Waals surface area contributed by atoms with Crippen LogP contribution in [0, 0.1) is 0 Å². The predicted molar refractivity (Wildman–Crippen MR) is 131 cm³/mol. The first-order valence-electron chi connectivity index (χ1n) is 11.5. The van der Waals surface area contributed by atoms with Gasteiger partial charge in [-0.25, -0.2) is 18.4 Å². The number of rotatable bonds is 5. The van der Waals surface area contributed by atoms with Gasteiger partial charge in [0.1, 0.15) is 20.7 Å². The zero-order valence-corrected chi connectivity index (χ0v) is 20.9. The summed E-state index contributed by atoms with van der Waals surface area (Å²) in [6.07, 6.45) is 3.40. The van der Waals surface area contributed by atoms with Crippen LogP contribution in [0.15, 0.2) is 21.7 Å². The molecule has 8 nitrogen and oxygen atoms in total. The van der Waals surface area contributed by atoms with Crippen LogP contribution in [0.3, 0.4) is 0 Å². The molecule has 6 rings (SSSR count). The van der Waals surface area contributed by atoms with Gasteiger partial charge in [-0.2, -0.15) is 4.31 Å². The maximum atomic E-state index is 13.0. The minimum atomic E-state index is -3.42. The lowest BCUT2D eigenvalue weighted by Gasteiger charge is -2.35. The van der Waals surface area contributed by atoms with E-state index in [9.17, 15) is 8.42 Å². The van der Waals surface area contributed by atoms with Gasteiger partial charge in [0.25, 0.3) is 10.0 Å². The number of ether oxygens (including phenoxy) is 1. The van der Waals surface area contributed by atoms with Crippen molar-refractivity contribution in [2.24, 2.45) is 0 Å². The minimum absolute atomic E-state index is 0.420. The molecule has 0 radical (unpaired) electrons. The highest BCUT2D eigenvalue weighted by atomic mass is 32.2. The number of anilines is 1. The van der Waals surface area contributed by atoms with Gasteiger partial charge in [0.15, 0.2) is 0 Å². The molecule has 0 spiro atoms. The summed E-state index contributed by atoms with van der Waals surface area (Å²) in [5.41, 5.74) is 1.41. The number of fused-ring (bicyclic) bond motifs is 3. The zero-order chi connectivity index (χ0) is 22.4. The fourth-order valence-corrected chi connectivity index (χ4v) is 8.80. The molecule has 0 amide bonds. The van der Waals surface area contributed by atoms with E-state index in [1.807, 2.05) is 16.7 Å². The van der Waals surface area contributed by atoms with Gasteiger partial charge >= 0.3 is 0 Å². The van der Waals surface area contributed by atoms with Gasteiger partial charge in [-0.05, 0) is 36.3 Å². The summed E-state index contributed by atoms with van der Waals surface area (Å²) in [6, 6.07) is 3.48. The van der Waals surface area contributed by atoms with E-state index < -0.39 is 10.0 Å². The largest absolute Gasteiger partial charge is 0.379 e. The third kappa shape index (κ3) is 4.08. The van der Waals surface area contributed by atoms with Crippen LogP contribution < -0.4 is 4.90 Å². The van der Waals surface area contributed by atoms with Crippen LogP contribution in [0.4, 0.5) is 5.82 Å². The van der Waals surface area contributed by atoms with Crippen LogP contribution in [0.1, 0.15) is 22.7 Å². The van der Waals surface area contributed by atoms with E-state index in [1.165, 1.54) is 33.6 Å². The van der Waals surface area contributed by atoms with Gasteiger partial charge in [-0.15, -0.1) is 22.7 Å². The molecule has 11 heteroatoms. The lowest BCUT2D eigenvalue weighted by Crippen LogP contribution is -2.49. The van der Waals surface area contributed by atoms with E-state index in [1.54, 1.807) is 16.4 Å². The molecule has 0 unspecified atom stereocenters. The Morgan fingerprint density at radius 2 is 1.85 bits per heavy atom. The number of thiophene rings is 2. The Balaban J connectivity index is 1.29. The average molecular weight is 506 g/mol. The molecule has 5 heterocycles. The van der Waals surface area contributed by atoms with E-state index in [-0.39, 0.29) is 0 Å². The zero-order valence-electron chi connectivity index (χ0n) is 18.4. The highest BCUT2D eigenvalue weighted by molar-refractivity contribution is 7.91. The third-order valence-corrected chi connectivity index (χ3v) is 11.1. The van der Waals surface area contributed by atoms with E-state index in [0.717, 1.165) is 62.2 Å². The molecular formula is C22H27N5O3S3. The van der Waals surface area contributed by atoms with Crippen molar-refractivity contribution in [3.63, 3.8) is 0 Å². The molecule has 3 aromatic heterocycles. The number of nitrogens with zero attached hydrogens (tertiary/aromatic N) is 5. The normalized spacial score (nSPS) is 20.5. The molecule has 2 aliphatic heterocycles. The highest BCUT2D eigenvalue weighted by Gasteiger charge is 2.32. The van der Waals surface area contributed by atoms with E-state index in [2.05, 4.69) is 9.80 Å². The van der Waals surface area contributed by atoms with Crippen molar-refractivity contribution in [3.05, 3.63) is 33.8 Å². The van der Waals surface area contributed by atoms with Gasteiger partial charge in [-0.1, -0.05) is 6.07 Å². The van der Waals surface area contributed by atoms with Gasteiger partial charge in [-0.3, -0.25) is 4.90 Å². The number of aryl methyl sites for hydroxylation is 2. The average Bonchev–Trinajstić information content (AvgIpc) is 3.57. The van der Waals surface area contributed by atoms with Crippen molar-refractivity contribution in [2.75, 3.05) is 57.4 Å². The van der Waals surface area contributed by atoms with Crippen LogP contribution in [-0.4, -0.2) is 80.1 Å². The predicted octanol–water partition coefficient (Wildman–Crippen LogP) is 2.58. The van der Waals surface area contributed by atoms with Crippen LogP contribution >= 0.6 is 22.7 Å². The van der Waals surface area contributed by atoms with Crippen molar-refractivity contribution >= 4 is 48.7 Å². The van der Waals surface area contributed by atoms with Crippen molar-refractivity contribution in [1.82, 2.24) is 19.2 Å². The van der Waals surface area contributed by atoms with E-state index in [4.69, 9.17) is 14.7 Å². The molecular weight excluding hydrogens is 478 g/mol. The van der Waals surface area contributed by atoms with Crippen molar-refractivity contribution in [3.8, 4) is 0 Å². The van der Waals surface area contributed by atoms with Gasteiger partial charge in [0, 0.05) is 44.1 Å². The molecule has 3 aromatic rings. The van der Waals surface area contributed by atoms with Crippen LogP contribution in [0.25, 0.3) is 10.2 Å². The van der Waals surface area contributed by atoms with Crippen molar-refractivity contribution in [2.45, 2.75) is 30.0 Å². The summed E-state index contributed by atoms with van der Waals surface area (Å²) in [6.45, 7) is 6.24. The van der Waals surface area contributed by atoms with Gasteiger partial charge in [0.2, 0.25) is 0 Å². The quantitative estimate of drug-likeness (QED) is 0.527. The molecule has 2 fully saturated rings. The summed E-state index contributed by atoms with van der Waals surface area (Å²) >= 11 is 3.10. The Hall–Kier alpha value is -1.63. The Morgan fingerprint density at radius 3 is 2.61 bits per heavy atom. The smallest absolute Gasteiger partial charge is 0.252 e. The number of hydrogen-bond donors (Lipinski definition) is 0. The number of hydrogen-bond acceptors (Lipinski definition) is 9. The Morgan fingerprint density at radius 1 is 1.03 bits per heavy atom. The maximum absolute atomic E-state index is 13.0. The molecule has 0 aromatic carbocycles. The standard InChI is InChI=1S/C22H27N5O3S3/c28-33(29,19-5-2-14-31-19)27-8-6-26(7-9-27)21-20-16-3-1-4-17(16)32-22(20)24-18(23-21)15-25-10-12-30-13-11-25/h2,5,14H,1,3-4,6-13,15H2. The second-order valence-electron chi connectivity index (χ2n) is 8.71. The lowest BCUT2D eigenvalue weighted by atomic mass is 10.1. The highest BCUT2D eigenvalue weighted by Crippen LogP contribution is 2.41. The number of piperazine rings is 1. The van der Waals surface area contributed by atoms with Crippen molar-refractivity contribution in [1.29, 1.82) is 0 Å². The number of aromatic nitrogens is 2. The Labute approximate surface area is 201 Å². The van der Waals surface area contributed by atoms with Crippen molar-refractivity contribution < 1.29 is 13.2 Å². The molecule has 2 saturated heterocycles. The molecule has 3 aliphatic rings. The minimum Gasteiger partial charge on any atom is -0.379 e. The fourth-order valence-electron chi connectivity index (χ4n) is 4.96. The molecule has 176 valence electrons. The number of morpholine rings is 1. The molecule has 1 aliphatic carbocycles.